The fourth-order valence-corrected chi connectivity index (χ4v) is 7.97. The summed E-state index contributed by atoms with van der Waals surface area (Å²) < 4.78 is 0.563. The summed E-state index contributed by atoms with van der Waals surface area (Å²) in [7, 11) is 0. The Labute approximate surface area is 99.2 Å². The molecule has 2 nitrogen and oxygen atoms in total. The molecule has 4 heteroatoms. The van der Waals surface area contributed by atoms with Gasteiger partial charge in [-0.25, -0.2) is 0 Å². The zero-order valence-electron chi connectivity index (χ0n) is 8.76. The average Bonchev–Trinajstić information content (AvgIpc) is 2.66. The summed E-state index contributed by atoms with van der Waals surface area (Å²) in [6, 6.07) is 0. The summed E-state index contributed by atoms with van der Waals surface area (Å²) in [5.74, 6) is 5.01. The van der Waals surface area contributed by atoms with Gasteiger partial charge in [-0.15, -0.1) is 23.5 Å². The number of aliphatic hydroxyl groups excluding tert-OH is 1. The maximum Gasteiger partial charge on any atom is 0.110 e. The van der Waals surface area contributed by atoms with Crippen LogP contribution in [0, 0.1) is 17.8 Å². The van der Waals surface area contributed by atoms with Crippen molar-refractivity contribution in [2.45, 2.75) is 23.1 Å². The Bertz CT molecular complexity index is 258. The quantitative estimate of drug-likeness (QED) is 0.696. The smallest absolute Gasteiger partial charge is 0.110 e. The summed E-state index contributed by atoms with van der Waals surface area (Å²) in [5.41, 5.74) is 0. The van der Waals surface area contributed by atoms with Crippen molar-refractivity contribution in [3.8, 4) is 0 Å². The number of hydrogen-bond donors (Lipinski definition) is 1. The minimum absolute atomic E-state index is 0.105. The highest BCUT2D eigenvalue weighted by Crippen LogP contribution is 2.64. The first-order valence-electron chi connectivity index (χ1n) is 5.99. The molecule has 4 bridgehead atoms. The lowest BCUT2D eigenvalue weighted by Crippen LogP contribution is -2.67. The van der Waals surface area contributed by atoms with Gasteiger partial charge in [0.2, 0.25) is 0 Å². The second kappa shape index (κ2) is 3.09. The Kier molecular flexibility index (Phi) is 1.98. The van der Waals surface area contributed by atoms with Gasteiger partial charge in [0, 0.05) is 24.6 Å². The third-order valence-electron chi connectivity index (χ3n) is 4.76. The van der Waals surface area contributed by atoms with Crippen LogP contribution < -0.4 is 0 Å². The van der Waals surface area contributed by atoms with Crippen molar-refractivity contribution in [1.29, 1.82) is 0 Å². The molecule has 15 heavy (non-hydrogen) atoms. The van der Waals surface area contributed by atoms with Crippen LogP contribution in [0.5, 0.6) is 0 Å². The van der Waals surface area contributed by atoms with Crippen molar-refractivity contribution in [1.82, 2.24) is 4.90 Å². The van der Waals surface area contributed by atoms with Crippen LogP contribution in [0.4, 0.5) is 0 Å². The number of aliphatic hydroxyl groups is 1. The maximum atomic E-state index is 10.1. The van der Waals surface area contributed by atoms with Crippen LogP contribution in [0.3, 0.4) is 0 Å². The fourth-order valence-electron chi connectivity index (χ4n) is 4.21. The Morgan fingerprint density at radius 2 is 1.67 bits per heavy atom. The van der Waals surface area contributed by atoms with Gasteiger partial charge in [0.15, 0.2) is 0 Å². The van der Waals surface area contributed by atoms with Gasteiger partial charge >= 0.3 is 0 Å². The van der Waals surface area contributed by atoms with Crippen LogP contribution in [0.25, 0.3) is 0 Å². The highest BCUT2D eigenvalue weighted by molar-refractivity contribution is 8.21. The Hall–Kier alpha value is 0.620. The van der Waals surface area contributed by atoms with E-state index in [4.69, 9.17) is 0 Å². The van der Waals surface area contributed by atoms with E-state index in [1.807, 2.05) is 0 Å². The molecule has 4 heterocycles. The SMILES string of the molecule is OC1C2CC3CN1CC(C2)C31SCCS1. The molecule has 0 radical (unpaired) electrons. The van der Waals surface area contributed by atoms with E-state index in [0.29, 0.717) is 10.00 Å². The molecule has 3 atom stereocenters. The summed E-state index contributed by atoms with van der Waals surface area (Å²) in [5, 5.41) is 10.1. The van der Waals surface area contributed by atoms with Gasteiger partial charge in [0.25, 0.3) is 0 Å². The van der Waals surface area contributed by atoms with E-state index in [2.05, 4.69) is 28.4 Å². The van der Waals surface area contributed by atoms with E-state index in [1.54, 1.807) is 0 Å². The third kappa shape index (κ3) is 1.12. The maximum absolute atomic E-state index is 10.1. The molecule has 3 unspecified atom stereocenters. The number of piperidine rings is 3. The minimum Gasteiger partial charge on any atom is -0.378 e. The van der Waals surface area contributed by atoms with Crippen LogP contribution in [-0.4, -0.2) is 44.9 Å². The topological polar surface area (TPSA) is 23.5 Å². The van der Waals surface area contributed by atoms with E-state index in [0.717, 1.165) is 24.9 Å². The van der Waals surface area contributed by atoms with Crippen molar-refractivity contribution in [3.63, 3.8) is 0 Å². The van der Waals surface area contributed by atoms with Crippen LogP contribution in [0.2, 0.25) is 0 Å². The lowest BCUT2D eigenvalue weighted by molar-refractivity contribution is -0.156. The van der Waals surface area contributed by atoms with Crippen molar-refractivity contribution in [2.75, 3.05) is 24.6 Å². The van der Waals surface area contributed by atoms with Crippen molar-refractivity contribution in [2.24, 2.45) is 17.8 Å². The highest BCUT2D eigenvalue weighted by atomic mass is 32.2. The Morgan fingerprint density at radius 3 is 2.20 bits per heavy atom. The second-order valence-corrected chi connectivity index (χ2v) is 8.41. The monoisotopic (exact) mass is 243 g/mol. The third-order valence-corrected chi connectivity index (χ3v) is 8.77. The second-order valence-electron chi connectivity index (χ2n) is 5.41. The first kappa shape index (κ1) is 9.63. The molecule has 1 aliphatic carbocycles. The van der Waals surface area contributed by atoms with Gasteiger partial charge in [-0.3, -0.25) is 4.90 Å². The van der Waals surface area contributed by atoms with Gasteiger partial charge in [-0.05, 0) is 30.6 Å². The van der Waals surface area contributed by atoms with E-state index in [1.165, 1.54) is 24.3 Å². The van der Waals surface area contributed by atoms with Gasteiger partial charge in [0.05, 0.1) is 4.08 Å². The lowest BCUT2D eigenvalue weighted by Gasteiger charge is -2.62. The number of hydrogen-bond acceptors (Lipinski definition) is 4. The Balaban J connectivity index is 1.71. The van der Waals surface area contributed by atoms with Crippen LogP contribution in [-0.2, 0) is 0 Å². The molecule has 1 saturated carbocycles. The molecule has 0 aromatic carbocycles. The standard InChI is InChI=1S/C11H17NOS2/c13-10-7-3-8-5-12(10)6-9(4-7)11(8)14-1-2-15-11/h7-10,13H,1-6H2. The van der Waals surface area contributed by atoms with Crippen molar-refractivity contribution >= 4 is 23.5 Å². The molecule has 0 amide bonds. The normalized spacial score (nSPS) is 55.4. The molecule has 5 rings (SSSR count). The Morgan fingerprint density at radius 1 is 1.07 bits per heavy atom. The molecule has 0 aromatic heterocycles. The number of rotatable bonds is 0. The molecule has 84 valence electrons. The van der Waals surface area contributed by atoms with E-state index in [9.17, 15) is 5.11 Å². The van der Waals surface area contributed by atoms with Gasteiger partial charge in [0.1, 0.15) is 6.23 Å². The van der Waals surface area contributed by atoms with E-state index in [-0.39, 0.29) is 6.23 Å². The summed E-state index contributed by atoms with van der Waals surface area (Å²) >= 11 is 4.47. The molecule has 0 aromatic rings. The molecule has 5 aliphatic rings. The minimum atomic E-state index is -0.105. The number of thioether (sulfide) groups is 2. The van der Waals surface area contributed by atoms with E-state index < -0.39 is 0 Å². The molecule has 4 saturated heterocycles. The van der Waals surface area contributed by atoms with E-state index >= 15 is 0 Å². The zero-order valence-corrected chi connectivity index (χ0v) is 10.4. The zero-order chi connectivity index (χ0) is 10.0. The summed E-state index contributed by atoms with van der Waals surface area (Å²) in [6.45, 7) is 2.32. The van der Waals surface area contributed by atoms with Gasteiger partial charge in [-0.2, -0.15) is 0 Å². The molecule has 5 fully saturated rings. The van der Waals surface area contributed by atoms with Crippen molar-refractivity contribution < 1.29 is 5.11 Å². The molecule has 4 aliphatic heterocycles. The predicted molar refractivity (Wildman–Crippen MR) is 64.9 cm³/mol. The molecular weight excluding hydrogens is 226 g/mol. The van der Waals surface area contributed by atoms with Crippen LogP contribution >= 0.6 is 23.5 Å². The van der Waals surface area contributed by atoms with Gasteiger partial charge in [-0.1, -0.05) is 0 Å². The highest BCUT2D eigenvalue weighted by Gasteiger charge is 2.61. The number of nitrogens with zero attached hydrogens (tertiary/aromatic N) is 1. The molecular formula is C11H17NOS2. The fraction of sp³-hybridized carbons (Fsp3) is 1.00. The predicted octanol–water partition coefficient (Wildman–Crippen LogP) is 1.45. The van der Waals surface area contributed by atoms with Gasteiger partial charge < -0.3 is 5.11 Å². The molecule has 1 N–H and O–H groups in total. The van der Waals surface area contributed by atoms with Crippen LogP contribution in [0.15, 0.2) is 0 Å². The lowest BCUT2D eigenvalue weighted by atomic mass is 9.66. The summed E-state index contributed by atoms with van der Waals surface area (Å²) in [4.78, 5) is 2.34. The largest absolute Gasteiger partial charge is 0.378 e. The molecule has 1 spiro atoms. The first-order valence-corrected chi connectivity index (χ1v) is 7.97. The van der Waals surface area contributed by atoms with Crippen LogP contribution in [0.1, 0.15) is 12.8 Å². The summed E-state index contributed by atoms with van der Waals surface area (Å²) in [6.07, 6.45) is 2.47. The average molecular weight is 243 g/mol. The first-order chi connectivity index (χ1) is 7.29. The van der Waals surface area contributed by atoms with Crippen molar-refractivity contribution in [3.05, 3.63) is 0 Å².